The third kappa shape index (κ3) is 4.98. The van der Waals surface area contributed by atoms with Crippen LogP contribution in [0.2, 0.25) is 0 Å². The molecule has 0 fully saturated rings. The van der Waals surface area contributed by atoms with Crippen LogP contribution in [-0.2, 0) is 14.3 Å². The molecule has 1 aromatic heterocycles. The fourth-order valence-electron chi connectivity index (χ4n) is 1.97. The molecule has 0 aliphatic carbocycles. The summed E-state index contributed by atoms with van der Waals surface area (Å²) in [6.45, 7) is 1.66. The molecule has 0 saturated carbocycles. The summed E-state index contributed by atoms with van der Waals surface area (Å²) in [6.07, 6.45) is 2.99. The van der Waals surface area contributed by atoms with Crippen LogP contribution in [0, 0.1) is 10.1 Å². The van der Waals surface area contributed by atoms with Gasteiger partial charge in [0.2, 0.25) is 0 Å². The minimum Gasteiger partial charge on any atom is -0.456 e. The molecule has 0 unspecified atom stereocenters. The summed E-state index contributed by atoms with van der Waals surface area (Å²) in [5.74, 6) is -0.897. The van der Waals surface area contributed by atoms with Crippen molar-refractivity contribution in [3.8, 4) is 0 Å². The molecule has 2 aromatic rings. The van der Waals surface area contributed by atoms with Crippen molar-refractivity contribution >= 4 is 44.2 Å². The van der Waals surface area contributed by atoms with Crippen LogP contribution >= 0.6 is 11.3 Å². The zero-order valence-electron chi connectivity index (χ0n) is 13.1. The highest BCUT2D eigenvalue weighted by molar-refractivity contribution is 7.22. The van der Waals surface area contributed by atoms with Crippen LogP contribution in [0.4, 0.5) is 10.8 Å². The molecule has 9 heteroatoms. The van der Waals surface area contributed by atoms with Crippen LogP contribution in [0.3, 0.4) is 0 Å². The molecule has 1 heterocycles. The number of anilines is 1. The Morgan fingerprint density at radius 1 is 1.38 bits per heavy atom. The Morgan fingerprint density at radius 3 is 2.88 bits per heavy atom. The van der Waals surface area contributed by atoms with Gasteiger partial charge in [0.25, 0.3) is 11.6 Å². The molecule has 0 saturated heterocycles. The number of nitrogens with zero attached hydrogens (tertiary/aromatic N) is 2. The Morgan fingerprint density at radius 2 is 2.17 bits per heavy atom. The van der Waals surface area contributed by atoms with Crippen molar-refractivity contribution < 1.29 is 19.2 Å². The van der Waals surface area contributed by atoms with E-state index >= 15 is 0 Å². The Labute approximate surface area is 142 Å². The molecule has 0 aliphatic heterocycles. The molecule has 1 aromatic carbocycles. The number of esters is 1. The van der Waals surface area contributed by atoms with Gasteiger partial charge in [0.15, 0.2) is 11.7 Å². The maximum Gasteiger partial charge on any atom is 0.306 e. The van der Waals surface area contributed by atoms with Crippen molar-refractivity contribution in [2.75, 3.05) is 11.9 Å². The van der Waals surface area contributed by atoms with Crippen molar-refractivity contribution in [1.82, 2.24) is 4.98 Å². The molecule has 128 valence electrons. The molecule has 0 aliphatic rings. The van der Waals surface area contributed by atoms with Gasteiger partial charge >= 0.3 is 5.97 Å². The number of nitrogens with one attached hydrogen (secondary N) is 1. The molecular weight excluding hydrogens is 334 g/mol. The summed E-state index contributed by atoms with van der Waals surface area (Å²) in [4.78, 5) is 37.6. The zero-order valence-corrected chi connectivity index (χ0v) is 13.9. The number of ether oxygens (including phenoxy) is 1. The van der Waals surface area contributed by atoms with Gasteiger partial charge in [-0.05, 0) is 12.5 Å². The number of aromatic nitrogens is 1. The lowest BCUT2D eigenvalue weighted by Gasteiger charge is -2.04. The van der Waals surface area contributed by atoms with Gasteiger partial charge in [0.05, 0.1) is 15.1 Å². The van der Waals surface area contributed by atoms with Crippen molar-refractivity contribution in [2.24, 2.45) is 0 Å². The van der Waals surface area contributed by atoms with Crippen LogP contribution in [0.1, 0.15) is 32.6 Å². The molecule has 24 heavy (non-hydrogen) atoms. The lowest BCUT2D eigenvalue weighted by atomic mass is 10.2. The molecule has 0 radical (unpaired) electrons. The van der Waals surface area contributed by atoms with Gasteiger partial charge in [-0.3, -0.25) is 25.0 Å². The number of benzene rings is 1. The first-order valence-corrected chi connectivity index (χ1v) is 8.31. The highest BCUT2D eigenvalue weighted by Crippen LogP contribution is 2.29. The van der Waals surface area contributed by atoms with E-state index in [0.29, 0.717) is 21.8 Å². The number of hydrogen-bond acceptors (Lipinski definition) is 7. The van der Waals surface area contributed by atoms with Gasteiger partial charge in [-0.15, -0.1) is 0 Å². The summed E-state index contributed by atoms with van der Waals surface area (Å²) in [6, 6.07) is 4.27. The van der Waals surface area contributed by atoms with Gasteiger partial charge in [0, 0.05) is 18.6 Å². The first-order chi connectivity index (χ1) is 11.5. The number of hydrogen-bond donors (Lipinski definition) is 1. The molecule has 0 bridgehead atoms. The van der Waals surface area contributed by atoms with Gasteiger partial charge in [-0.25, -0.2) is 4.98 Å². The number of unbranched alkanes of at least 4 members (excludes halogenated alkanes) is 2. The number of nitro benzene ring substituents is 1. The van der Waals surface area contributed by atoms with Crippen molar-refractivity contribution in [3.63, 3.8) is 0 Å². The van der Waals surface area contributed by atoms with E-state index in [-0.39, 0.29) is 12.3 Å². The zero-order chi connectivity index (χ0) is 17.5. The lowest BCUT2D eigenvalue weighted by molar-refractivity contribution is -0.384. The number of carbonyl (C=O) groups excluding carboxylic acids is 2. The Kier molecular flexibility index (Phi) is 6.19. The molecule has 1 N–H and O–H groups in total. The fourth-order valence-corrected chi connectivity index (χ4v) is 2.89. The summed E-state index contributed by atoms with van der Waals surface area (Å²) in [5, 5.41) is 13.6. The topological polar surface area (TPSA) is 111 Å². The standard InChI is InChI=1S/C15H17N3O5S/c1-2-3-4-5-14(20)23-9-13(19)17-15-16-11-7-6-10(18(21)22)8-12(11)24-15/h6-8H,2-5,9H2,1H3,(H,16,17,19). The maximum absolute atomic E-state index is 11.8. The molecule has 0 atom stereocenters. The molecule has 2 rings (SSSR count). The van der Waals surface area contributed by atoms with Gasteiger partial charge in [-0.2, -0.15) is 0 Å². The van der Waals surface area contributed by atoms with Crippen molar-refractivity contribution in [2.45, 2.75) is 32.6 Å². The number of fused-ring (bicyclic) bond motifs is 1. The minimum absolute atomic E-state index is 0.0370. The quantitative estimate of drug-likeness (QED) is 0.338. The Balaban J connectivity index is 1.88. The SMILES string of the molecule is CCCCCC(=O)OCC(=O)Nc1nc2ccc([N+](=O)[O-])cc2s1. The van der Waals surface area contributed by atoms with Gasteiger partial charge in [-0.1, -0.05) is 31.1 Å². The summed E-state index contributed by atoms with van der Waals surface area (Å²) in [7, 11) is 0. The summed E-state index contributed by atoms with van der Waals surface area (Å²) < 4.78 is 5.48. The normalized spacial score (nSPS) is 10.5. The second kappa shape index (κ2) is 8.34. The second-order valence-corrected chi connectivity index (χ2v) is 6.12. The Bertz CT molecular complexity index is 759. The first kappa shape index (κ1) is 17.8. The van der Waals surface area contributed by atoms with E-state index in [4.69, 9.17) is 4.74 Å². The number of rotatable bonds is 8. The second-order valence-electron chi connectivity index (χ2n) is 5.09. The predicted molar refractivity (Wildman–Crippen MR) is 90.0 cm³/mol. The highest BCUT2D eigenvalue weighted by Gasteiger charge is 2.13. The number of nitro groups is 1. The van der Waals surface area contributed by atoms with E-state index in [1.54, 1.807) is 0 Å². The number of carbonyl (C=O) groups is 2. The van der Waals surface area contributed by atoms with Crippen LogP contribution in [0.25, 0.3) is 10.2 Å². The van der Waals surface area contributed by atoms with E-state index < -0.39 is 16.8 Å². The van der Waals surface area contributed by atoms with E-state index in [9.17, 15) is 19.7 Å². The molecular formula is C15H17N3O5S. The van der Waals surface area contributed by atoms with Gasteiger partial charge < -0.3 is 4.74 Å². The summed E-state index contributed by atoms with van der Waals surface area (Å²) in [5.41, 5.74) is 0.516. The number of non-ortho nitro benzene ring substituents is 1. The smallest absolute Gasteiger partial charge is 0.306 e. The van der Waals surface area contributed by atoms with Crippen molar-refractivity contribution in [3.05, 3.63) is 28.3 Å². The minimum atomic E-state index is -0.493. The predicted octanol–water partition coefficient (Wildman–Crippen LogP) is 3.27. The summed E-state index contributed by atoms with van der Waals surface area (Å²) >= 11 is 1.12. The van der Waals surface area contributed by atoms with Crippen molar-refractivity contribution in [1.29, 1.82) is 0 Å². The van der Waals surface area contributed by atoms with Crippen LogP contribution < -0.4 is 5.32 Å². The average Bonchev–Trinajstić information content (AvgIpc) is 2.94. The highest BCUT2D eigenvalue weighted by atomic mass is 32.1. The largest absolute Gasteiger partial charge is 0.456 e. The van der Waals surface area contributed by atoms with E-state index in [2.05, 4.69) is 10.3 Å². The molecule has 0 spiro atoms. The van der Waals surface area contributed by atoms with Crippen LogP contribution in [-0.4, -0.2) is 28.4 Å². The first-order valence-electron chi connectivity index (χ1n) is 7.50. The Hall–Kier alpha value is -2.55. The molecule has 8 nitrogen and oxygen atoms in total. The van der Waals surface area contributed by atoms with Crippen LogP contribution in [0.5, 0.6) is 0 Å². The third-order valence-corrected chi connectivity index (χ3v) is 4.11. The third-order valence-electron chi connectivity index (χ3n) is 3.18. The molecule has 1 amide bonds. The number of thiazole rings is 1. The van der Waals surface area contributed by atoms with E-state index in [0.717, 1.165) is 30.6 Å². The fraction of sp³-hybridized carbons (Fsp3) is 0.400. The number of amides is 1. The average molecular weight is 351 g/mol. The van der Waals surface area contributed by atoms with Crippen LogP contribution in [0.15, 0.2) is 18.2 Å². The van der Waals surface area contributed by atoms with E-state index in [1.165, 1.54) is 18.2 Å². The maximum atomic E-state index is 11.8. The van der Waals surface area contributed by atoms with E-state index in [1.807, 2.05) is 6.92 Å². The monoisotopic (exact) mass is 351 g/mol. The van der Waals surface area contributed by atoms with Gasteiger partial charge in [0.1, 0.15) is 0 Å². The lowest BCUT2D eigenvalue weighted by Crippen LogP contribution is -2.20.